The predicted molar refractivity (Wildman–Crippen MR) is 85.8 cm³/mol. The van der Waals surface area contributed by atoms with Crippen LogP contribution in [0.1, 0.15) is 24.5 Å². The van der Waals surface area contributed by atoms with E-state index >= 15 is 0 Å². The highest BCUT2D eigenvalue weighted by Crippen LogP contribution is 2.31. The van der Waals surface area contributed by atoms with Crippen molar-refractivity contribution in [3.63, 3.8) is 0 Å². The van der Waals surface area contributed by atoms with Crippen molar-refractivity contribution in [2.75, 3.05) is 13.1 Å². The van der Waals surface area contributed by atoms with Gasteiger partial charge in [0.15, 0.2) is 5.82 Å². The maximum Gasteiger partial charge on any atom is 0.251 e. The summed E-state index contributed by atoms with van der Waals surface area (Å²) >= 11 is 3.42. The van der Waals surface area contributed by atoms with Gasteiger partial charge >= 0.3 is 0 Å². The van der Waals surface area contributed by atoms with Crippen LogP contribution in [0.5, 0.6) is 0 Å². The van der Waals surface area contributed by atoms with Crippen molar-refractivity contribution in [3.8, 4) is 0 Å². The van der Waals surface area contributed by atoms with Crippen LogP contribution in [0.25, 0.3) is 16.6 Å². The van der Waals surface area contributed by atoms with E-state index < -0.39 is 0 Å². The molecular weight excluding hydrogens is 351 g/mol. The van der Waals surface area contributed by atoms with Crippen LogP contribution in [0.2, 0.25) is 0 Å². The SMILES string of the molecule is O=c1cc(C2CCNCC2)n2nc3c(F)ccc(Br)c3c2[nH]1. The second kappa shape index (κ2) is 5.17. The van der Waals surface area contributed by atoms with E-state index in [9.17, 15) is 9.18 Å². The van der Waals surface area contributed by atoms with Crippen LogP contribution >= 0.6 is 15.9 Å². The van der Waals surface area contributed by atoms with Crippen LogP contribution in [0.4, 0.5) is 4.39 Å². The van der Waals surface area contributed by atoms with Gasteiger partial charge in [-0.1, -0.05) is 0 Å². The Morgan fingerprint density at radius 3 is 2.86 bits per heavy atom. The molecule has 2 aromatic heterocycles. The number of rotatable bonds is 1. The molecule has 3 aromatic rings. The number of benzene rings is 1. The topological polar surface area (TPSA) is 62.2 Å². The summed E-state index contributed by atoms with van der Waals surface area (Å²) in [4.78, 5) is 14.9. The number of hydrogen-bond donors (Lipinski definition) is 2. The van der Waals surface area contributed by atoms with Gasteiger partial charge in [-0.3, -0.25) is 4.79 Å². The molecule has 0 saturated carbocycles. The van der Waals surface area contributed by atoms with Gasteiger partial charge < -0.3 is 10.3 Å². The van der Waals surface area contributed by atoms with Crippen molar-refractivity contribution in [2.24, 2.45) is 0 Å². The lowest BCUT2D eigenvalue weighted by molar-refractivity contribution is 0.446. The largest absolute Gasteiger partial charge is 0.317 e. The smallest absolute Gasteiger partial charge is 0.251 e. The molecule has 1 aliphatic rings. The Balaban J connectivity index is 2.07. The molecule has 114 valence electrons. The summed E-state index contributed by atoms with van der Waals surface area (Å²) < 4.78 is 16.5. The van der Waals surface area contributed by atoms with Crippen molar-refractivity contribution in [3.05, 3.63) is 44.5 Å². The second-order valence-corrected chi connectivity index (χ2v) is 6.45. The minimum absolute atomic E-state index is 0.181. The molecule has 1 aliphatic heterocycles. The highest BCUT2D eigenvalue weighted by atomic mass is 79.9. The van der Waals surface area contributed by atoms with Gasteiger partial charge in [-0.15, -0.1) is 0 Å². The minimum atomic E-state index is -0.390. The lowest BCUT2D eigenvalue weighted by Crippen LogP contribution is -2.28. The molecule has 1 saturated heterocycles. The number of nitrogens with one attached hydrogen (secondary N) is 2. The van der Waals surface area contributed by atoms with Crippen LogP contribution in [0, 0.1) is 5.82 Å². The molecule has 0 spiro atoms. The van der Waals surface area contributed by atoms with Crippen LogP contribution in [0.15, 0.2) is 27.5 Å². The normalized spacial score (nSPS) is 16.6. The van der Waals surface area contributed by atoms with Gasteiger partial charge in [0.2, 0.25) is 0 Å². The van der Waals surface area contributed by atoms with E-state index in [1.54, 1.807) is 16.6 Å². The molecule has 22 heavy (non-hydrogen) atoms. The monoisotopic (exact) mass is 364 g/mol. The number of aromatic amines is 1. The van der Waals surface area contributed by atoms with Gasteiger partial charge in [0.05, 0.1) is 11.1 Å². The lowest BCUT2D eigenvalue weighted by Gasteiger charge is -2.23. The van der Waals surface area contributed by atoms with E-state index in [2.05, 4.69) is 31.3 Å². The molecule has 0 radical (unpaired) electrons. The number of fused-ring (bicyclic) bond motifs is 3. The van der Waals surface area contributed by atoms with Gasteiger partial charge in [-0.2, -0.15) is 5.10 Å². The van der Waals surface area contributed by atoms with Gasteiger partial charge in [-0.25, -0.2) is 8.91 Å². The lowest BCUT2D eigenvalue weighted by atomic mass is 9.94. The highest BCUT2D eigenvalue weighted by molar-refractivity contribution is 9.10. The zero-order chi connectivity index (χ0) is 15.3. The van der Waals surface area contributed by atoms with Gasteiger partial charge in [0, 0.05) is 16.5 Å². The second-order valence-electron chi connectivity index (χ2n) is 5.60. The average Bonchev–Trinajstić information content (AvgIpc) is 2.91. The zero-order valence-electron chi connectivity index (χ0n) is 11.7. The summed E-state index contributed by atoms with van der Waals surface area (Å²) in [6, 6.07) is 4.59. The maximum atomic E-state index is 14.1. The number of hydrogen-bond acceptors (Lipinski definition) is 3. The number of halogens is 2. The van der Waals surface area contributed by atoms with Crippen LogP contribution in [0.3, 0.4) is 0 Å². The maximum absolute atomic E-state index is 14.1. The molecule has 0 atom stereocenters. The summed E-state index contributed by atoms with van der Waals surface area (Å²) in [5.74, 6) is -0.138. The molecule has 3 heterocycles. The van der Waals surface area contributed by atoms with E-state index in [0.29, 0.717) is 11.0 Å². The molecule has 0 amide bonds. The summed E-state index contributed by atoms with van der Waals surface area (Å²) in [5.41, 5.74) is 1.48. The summed E-state index contributed by atoms with van der Waals surface area (Å²) in [5, 5.41) is 8.33. The predicted octanol–water partition coefficient (Wildman–Crippen LogP) is 2.54. The van der Waals surface area contributed by atoms with Crippen molar-refractivity contribution in [1.82, 2.24) is 19.9 Å². The Labute approximate surface area is 133 Å². The van der Waals surface area contributed by atoms with Crippen molar-refractivity contribution >= 4 is 32.5 Å². The molecule has 0 bridgehead atoms. The number of aromatic nitrogens is 3. The number of piperidine rings is 1. The summed E-state index contributed by atoms with van der Waals surface area (Å²) in [6.07, 6.45) is 1.89. The average molecular weight is 365 g/mol. The minimum Gasteiger partial charge on any atom is -0.317 e. The number of nitrogens with zero attached hydrogens (tertiary/aromatic N) is 2. The molecular formula is C15H14BrFN4O. The van der Waals surface area contributed by atoms with E-state index in [0.717, 1.165) is 36.1 Å². The molecule has 0 unspecified atom stereocenters. The Morgan fingerprint density at radius 1 is 1.32 bits per heavy atom. The molecule has 7 heteroatoms. The Morgan fingerprint density at radius 2 is 2.09 bits per heavy atom. The third-order valence-corrected chi connectivity index (χ3v) is 4.91. The fourth-order valence-corrected chi connectivity index (χ4v) is 3.69. The molecule has 0 aliphatic carbocycles. The third-order valence-electron chi connectivity index (χ3n) is 4.25. The van der Waals surface area contributed by atoms with E-state index in [-0.39, 0.29) is 22.8 Å². The fourth-order valence-electron chi connectivity index (χ4n) is 3.18. The molecule has 1 fully saturated rings. The first-order valence-corrected chi connectivity index (χ1v) is 8.05. The molecule has 4 rings (SSSR count). The van der Waals surface area contributed by atoms with Gasteiger partial charge in [-0.05, 0) is 54.0 Å². The highest BCUT2D eigenvalue weighted by Gasteiger charge is 2.22. The van der Waals surface area contributed by atoms with E-state index in [1.807, 2.05) is 0 Å². The van der Waals surface area contributed by atoms with E-state index in [1.165, 1.54) is 6.07 Å². The first kappa shape index (κ1) is 13.9. The Kier molecular flexibility index (Phi) is 3.27. The van der Waals surface area contributed by atoms with Crippen molar-refractivity contribution in [2.45, 2.75) is 18.8 Å². The van der Waals surface area contributed by atoms with Gasteiger partial charge in [0.1, 0.15) is 11.2 Å². The molecule has 5 nitrogen and oxygen atoms in total. The standard InChI is InChI=1S/C15H14BrFN4O/c16-9-1-2-10(17)14-13(9)15-19-12(22)7-11(21(15)20-14)8-3-5-18-6-4-8/h1-2,7-8,18H,3-6H2,(H,19,22). The fraction of sp³-hybridized carbons (Fsp3) is 0.333. The Hall–Kier alpha value is -1.73. The van der Waals surface area contributed by atoms with Crippen molar-refractivity contribution < 1.29 is 4.39 Å². The first-order valence-electron chi connectivity index (χ1n) is 7.25. The number of H-pyrrole nitrogens is 1. The third kappa shape index (κ3) is 2.07. The van der Waals surface area contributed by atoms with Gasteiger partial charge in [0.25, 0.3) is 5.56 Å². The summed E-state index contributed by atoms with van der Waals surface area (Å²) in [6.45, 7) is 1.83. The van der Waals surface area contributed by atoms with Crippen LogP contribution in [-0.4, -0.2) is 27.7 Å². The van der Waals surface area contributed by atoms with Crippen LogP contribution < -0.4 is 10.9 Å². The zero-order valence-corrected chi connectivity index (χ0v) is 13.3. The Bertz CT molecular complexity index is 927. The molecule has 1 aromatic carbocycles. The summed E-state index contributed by atoms with van der Waals surface area (Å²) in [7, 11) is 0. The quantitative estimate of drug-likeness (QED) is 0.697. The van der Waals surface area contributed by atoms with Crippen molar-refractivity contribution in [1.29, 1.82) is 0 Å². The van der Waals surface area contributed by atoms with E-state index in [4.69, 9.17) is 0 Å². The molecule has 2 N–H and O–H groups in total. The van der Waals surface area contributed by atoms with Crippen LogP contribution in [-0.2, 0) is 0 Å². The first-order chi connectivity index (χ1) is 10.6.